The van der Waals surface area contributed by atoms with Crippen molar-refractivity contribution in [3.05, 3.63) is 59.4 Å². The average molecular weight is 565 g/mol. The van der Waals surface area contributed by atoms with Crippen LogP contribution < -0.4 is 16.0 Å². The smallest absolute Gasteiger partial charge is 0.251 e. The number of aliphatic hydroxyl groups is 1. The number of hydrogen-bond acceptors (Lipinski definition) is 9. The fraction of sp³-hybridized carbons (Fsp3) is 0.581. The highest BCUT2D eigenvalue weighted by Gasteiger charge is 2.46. The third kappa shape index (κ3) is 8.11. The molecule has 10 heteroatoms. The van der Waals surface area contributed by atoms with Gasteiger partial charge in [0.2, 0.25) is 0 Å². The van der Waals surface area contributed by atoms with E-state index < -0.39 is 0 Å². The first-order chi connectivity index (χ1) is 20.1. The Morgan fingerprint density at radius 1 is 1.15 bits per heavy atom. The van der Waals surface area contributed by atoms with Gasteiger partial charge in [0.25, 0.3) is 5.91 Å². The molecule has 3 unspecified atom stereocenters. The number of aromatic nitrogens is 1. The number of likely N-dealkylation sites (N-methyl/N-ethyl adjacent to an activating group) is 1. The van der Waals surface area contributed by atoms with E-state index in [9.17, 15) is 9.90 Å². The lowest BCUT2D eigenvalue weighted by molar-refractivity contribution is -0.00893. The number of aliphatic imine (C=N–C) groups is 1. The van der Waals surface area contributed by atoms with Gasteiger partial charge in [-0.05, 0) is 48.2 Å². The number of rotatable bonds is 15. The summed E-state index contributed by atoms with van der Waals surface area (Å²) in [6.45, 7) is 7.72. The van der Waals surface area contributed by atoms with Gasteiger partial charge in [-0.1, -0.05) is 39.2 Å². The van der Waals surface area contributed by atoms with E-state index in [2.05, 4.69) is 61.7 Å². The Bertz CT molecular complexity index is 1130. The van der Waals surface area contributed by atoms with Crippen LogP contribution in [0.3, 0.4) is 0 Å². The number of carbonyl (C=O) groups is 1. The molecule has 2 aromatic rings. The van der Waals surface area contributed by atoms with Gasteiger partial charge in [0.1, 0.15) is 0 Å². The molecule has 1 aromatic heterocycles. The van der Waals surface area contributed by atoms with Crippen molar-refractivity contribution in [2.24, 2.45) is 4.99 Å². The minimum Gasteiger partial charge on any atom is -0.395 e. The molecule has 2 aliphatic heterocycles. The van der Waals surface area contributed by atoms with Crippen LogP contribution in [0, 0.1) is 0 Å². The molecule has 3 atom stereocenters. The lowest BCUT2D eigenvalue weighted by atomic mass is 10.1. The number of hydrazine groups is 1. The standard InChI is InChI=1S/C31H48N8O2/c1-4-6-7-8-16-39-29(38(17-18-40)31(37(39)3)28-13-15-33-23-36-28)22-34-27-11-9-10-25(19-27)30(41)35-21-26-12-14-32-20-24(26)5-2/h9-12,14-15,19-20,28-29,31,34,36,40H,4-8,13,16-18,21-23H2,1-3H3,(H,35,41). The summed E-state index contributed by atoms with van der Waals surface area (Å²) >= 11 is 0. The number of nitrogens with zero attached hydrogens (tertiary/aromatic N) is 5. The second-order valence-electron chi connectivity index (χ2n) is 10.9. The fourth-order valence-corrected chi connectivity index (χ4v) is 5.98. The van der Waals surface area contributed by atoms with Crippen molar-refractivity contribution in [2.75, 3.05) is 45.3 Å². The molecule has 1 amide bonds. The lowest BCUT2D eigenvalue weighted by Crippen LogP contribution is -2.55. The molecule has 0 aliphatic carbocycles. The predicted molar refractivity (Wildman–Crippen MR) is 165 cm³/mol. The summed E-state index contributed by atoms with van der Waals surface area (Å²) in [5.41, 5.74) is 3.76. The molecule has 0 spiro atoms. The first-order valence-electron chi connectivity index (χ1n) is 15.2. The number of anilines is 1. The van der Waals surface area contributed by atoms with Gasteiger partial charge >= 0.3 is 0 Å². The van der Waals surface area contributed by atoms with Gasteiger partial charge in [-0.3, -0.25) is 25.0 Å². The van der Waals surface area contributed by atoms with Gasteiger partial charge in [-0.15, -0.1) is 0 Å². The molecule has 0 bridgehead atoms. The summed E-state index contributed by atoms with van der Waals surface area (Å²) < 4.78 is 0. The van der Waals surface area contributed by atoms with Gasteiger partial charge in [0.15, 0.2) is 0 Å². The molecule has 41 heavy (non-hydrogen) atoms. The number of benzene rings is 1. The van der Waals surface area contributed by atoms with E-state index in [0.29, 0.717) is 31.9 Å². The van der Waals surface area contributed by atoms with E-state index in [1.54, 1.807) is 6.20 Å². The van der Waals surface area contributed by atoms with Gasteiger partial charge in [-0.2, -0.15) is 0 Å². The summed E-state index contributed by atoms with van der Waals surface area (Å²) in [7, 11) is 2.17. The number of aliphatic hydroxyl groups excluding tert-OH is 1. The van der Waals surface area contributed by atoms with E-state index in [4.69, 9.17) is 0 Å². The Hall–Kier alpha value is -2.89. The van der Waals surface area contributed by atoms with Crippen molar-refractivity contribution >= 4 is 17.8 Å². The third-order valence-corrected chi connectivity index (χ3v) is 8.19. The van der Waals surface area contributed by atoms with Crippen molar-refractivity contribution in [2.45, 2.75) is 77.3 Å². The van der Waals surface area contributed by atoms with Crippen molar-refractivity contribution in [3.8, 4) is 0 Å². The summed E-state index contributed by atoms with van der Waals surface area (Å²) in [5.74, 6) is -0.0994. The molecule has 0 radical (unpaired) electrons. The number of unbranched alkanes of at least 4 members (excludes halogenated alkanes) is 3. The number of amides is 1. The SMILES string of the molecule is CCCCCCN1C(CNc2cccc(C(=O)NCc3ccncc3CC)c2)N(CCO)C(C2CC=NCN2)N1C. The largest absolute Gasteiger partial charge is 0.395 e. The van der Waals surface area contributed by atoms with E-state index in [1.807, 2.05) is 42.7 Å². The quantitative estimate of drug-likeness (QED) is 0.245. The first kappa shape index (κ1) is 31.1. The minimum absolute atomic E-state index is 0.0658. The second kappa shape index (κ2) is 15.9. The summed E-state index contributed by atoms with van der Waals surface area (Å²) in [4.78, 5) is 24.0. The maximum absolute atomic E-state index is 13.0. The highest BCUT2D eigenvalue weighted by molar-refractivity contribution is 5.95. The number of nitrogens with one attached hydrogen (secondary N) is 3. The number of pyridine rings is 1. The first-order valence-corrected chi connectivity index (χ1v) is 15.2. The number of aryl methyl sites for hydroxylation is 1. The normalized spacial score (nSPS) is 21.8. The average Bonchev–Trinajstić information content (AvgIpc) is 3.27. The molecular weight excluding hydrogens is 516 g/mol. The Labute approximate surface area is 245 Å². The van der Waals surface area contributed by atoms with E-state index in [0.717, 1.165) is 42.6 Å². The summed E-state index contributed by atoms with van der Waals surface area (Å²) in [5, 5.41) is 25.1. The molecule has 3 heterocycles. The topological polar surface area (TPSA) is 108 Å². The van der Waals surface area contributed by atoms with Crippen molar-refractivity contribution in [3.63, 3.8) is 0 Å². The van der Waals surface area contributed by atoms with Crippen LogP contribution in [0.15, 0.2) is 47.7 Å². The van der Waals surface area contributed by atoms with E-state index in [1.165, 1.54) is 19.3 Å². The van der Waals surface area contributed by atoms with Crippen LogP contribution in [0.1, 0.15) is 67.4 Å². The molecule has 10 nitrogen and oxygen atoms in total. The summed E-state index contributed by atoms with van der Waals surface area (Å²) in [6.07, 6.45) is 12.3. The maximum atomic E-state index is 13.0. The minimum atomic E-state index is -0.0994. The number of β-amino-alcohol motifs (C(OH)–C–C–N with tert-alkyl or cyclic N) is 1. The highest BCUT2D eigenvalue weighted by atomic mass is 16.3. The van der Waals surface area contributed by atoms with E-state index >= 15 is 0 Å². The van der Waals surface area contributed by atoms with Gasteiger partial charge < -0.3 is 15.7 Å². The fourth-order valence-electron chi connectivity index (χ4n) is 5.98. The molecule has 224 valence electrons. The van der Waals surface area contributed by atoms with Crippen LogP contribution in [0.25, 0.3) is 0 Å². The van der Waals surface area contributed by atoms with Crippen LogP contribution in [0.4, 0.5) is 5.69 Å². The predicted octanol–water partition coefficient (Wildman–Crippen LogP) is 3.07. The lowest BCUT2D eigenvalue weighted by Gasteiger charge is -2.36. The van der Waals surface area contributed by atoms with Crippen LogP contribution >= 0.6 is 0 Å². The van der Waals surface area contributed by atoms with Crippen molar-refractivity contribution < 1.29 is 9.90 Å². The molecule has 0 saturated carbocycles. The van der Waals surface area contributed by atoms with Gasteiger partial charge in [0.05, 0.1) is 25.6 Å². The summed E-state index contributed by atoms with van der Waals surface area (Å²) in [6, 6.07) is 9.88. The van der Waals surface area contributed by atoms with Crippen molar-refractivity contribution in [1.29, 1.82) is 0 Å². The van der Waals surface area contributed by atoms with E-state index in [-0.39, 0.29) is 30.9 Å². The Morgan fingerprint density at radius 3 is 2.78 bits per heavy atom. The van der Waals surface area contributed by atoms with Gasteiger partial charge in [-0.25, -0.2) is 10.0 Å². The third-order valence-electron chi connectivity index (χ3n) is 8.19. The molecule has 1 aromatic carbocycles. The highest BCUT2D eigenvalue weighted by Crippen LogP contribution is 2.29. The van der Waals surface area contributed by atoms with Crippen LogP contribution in [0.5, 0.6) is 0 Å². The maximum Gasteiger partial charge on any atom is 0.251 e. The molecule has 1 fully saturated rings. The Balaban J connectivity index is 1.45. The molecular formula is C31H48N8O2. The monoisotopic (exact) mass is 564 g/mol. The van der Waals surface area contributed by atoms with Crippen LogP contribution in [-0.2, 0) is 13.0 Å². The Morgan fingerprint density at radius 2 is 2.02 bits per heavy atom. The zero-order valence-electron chi connectivity index (χ0n) is 24.9. The second-order valence-corrected chi connectivity index (χ2v) is 10.9. The molecule has 1 saturated heterocycles. The molecule has 4 N–H and O–H groups in total. The number of carbonyl (C=O) groups excluding carboxylic acids is 1. The molecule has 2 aliphatic rings. The Kier molecular flexibility index (Phi) is 12.1. The van der Waals surface area contributed by atoms with Crippen molar-refractivity contribution in [1.82, 2.24) is 30.5 Å². The molecule has 4 rings (SSSR count). The van der Waals surface area contributed by atoms with Crippen LogP contribution in [-0.4, -0.2) is 95.5 Å². The van der Waals surface area contributed by atoms with Gasteiger partial charge in [0, 0.05) is 75.5 Å². The zero-order chi connectivity index (χ0) is 29.0. The van der Waals surface area contributed by atoms with Crippen LogP contribution in [0.2, 0.25) is 0 Å². The zero-order valence-corrected chi connectivity index (χ0v) is 24.9. The number of hydrogen-bond donors (Lipinski definition) is 4.